The smallest absolute Gasteiger partial charge is 0.225 e. The molecule has 0 amide bonds. The molecule has 2 rings (SSSR count). The molecule has 0 spiro atoms. The molecule has 0 saturated carbocycles. The zero-order valence-corrected chi connectivity index (χ0v) is 13.2. The summed E-state index contributed by atoms with van der Waals surface area (Å²) in [6.45, 7) is 3.85. The largest absolute Gasteiger partial charge is 0.545 e. The van der Waals surface area contributed by atoms with Crippen molar-refractivity contribution in [2.75, 3.05) is 0 Å². The van der Waals surface area contributed by atoms with Crippen molar-refractivity contribution < 1.29 is 39.7 Å². The number of nitrogens with zero attached hydrogens (tertiary/aromatic N) is 2. The lowest BCUT2D eigenvalue weighted by atomic mass is 10.3. The number of aromatic nitrogens is 2. The molecular weight excluding hydrogens is 316 g/mol. The van der Waals surface area contributed by atoms with Gasteiger partial charge in [-0.2, -0.15) is 0 Å². The van der Waals surface area contributed by atoms with E-state index in [0.717, 1.165) is 20.6 Å². The molecule has 128 valence electrons. The van der Waals surface area contributed by atoms with Crippen molar-refractivity contribution in [2.45, 2.75) is 13.8 Å². The van der Waals surface area contributed by atoms with Gasteiger partial charge in [-0.1, -0.05) is 0 Å². The molecule has 0 aliphatic rings. The fourth-order valence-electron chi connectivity index (χ4n) is 1.29. The first-order valence-corrected chi connectivity index (χ1v) is 6.65. The number of hydrogen-bond acceptors (Lipinski definition) is 6. The molecule has 0 bridgehead atoms. The van der Waals surface area contributed by atoms with Crippen LogP contribution in [-0.4, -0.2) is 22.4 Å². The summed E-state index contributed by atoms with van der Waals surface area (Å²) in [6, 6.07) is 7.42. The van der Waals surface area contributed by atoms with Gasteiger partial charge in [-0.3, -0.25) is 10.4 Å². The fourth-order valence-corrected chi connectivity index (χ4v) is 1.29. The summed E-state index contributed by atoms with van der Waals surface area (Å²) in [4.78, 5) is 18.8. The molecule has 24 heavy (non-hydrogen) atoms. The molecule has 0 fully saturated rings. The van der Waals surface area contributed by atoms with Crippen LogP contribution in [0.2, 0.25) is 0 Å². The Morgan fingerprint density at radius 1 is 0.875 bits per heavy atom. The van der Waals surface area contributed by atoms with Gasteiger partial charge in [0.1, 0.15) is 0 Å². The SMILES string of the molecule is Cc1ccc[n+](O)c1.Cc1ccc[n+](O)c1.O=C([O-])/C=C/C(=O)[O-]. The topological polar surface area (TPSA) is 128 Å². The van der Waals surface area contributed by atoms with Crippen molar-refractivity contribution in [2.24, 2.45) is 0 Å². The molecule has 0 radical (unpaired) electrons. The van der Waals surface area contributed by atoms with Gasteiger partial charge >= 0.3 is 0 Å². The lowest BCUT2D eigenvalue weighted by Gasteiger charge is -1.90. The Balaban J connectivity index is 0.000000331. The van der Waals surface area contributed by atoms with Crippen molar-refractivity contribution in [1.29, 1.82) is 0 Å². The quantitative estimate of drug-likeness (QED) is 0.374. The molecule has 0 aromatic carbocycles. The highest BCUT2D eigenvalue weighted by molar-refractivity contribution is 5.87. The third-order valence-electron chi connectivity index (χ3n) is 2.22. The lowest BCUT2D eigenvalue weighted by Crippen LogP contribution is -2.28. The Morgan fingerprint density at radius 2 is 1.21 bits per heavy atom. The van der Waals surface area contributed by atoms with Crippen LogP contribution in [0.25, 0.3) is 0 Å². The maximum atomic E-state index is 9.41. The summed E-state index contributed by atoms with van der Waals surface area (Å²) >= 11 is 0. The molecular formula is C16H18N2O6. The zero-order chi connectivity index (χ0) is 18.5. The van der Waals surface area contributed by atoms with E-state index in [0.29, 0.717) is 12.2 Å². The standard InChI is InChI=1S/2C6H8NO.C4H4O4/c2*1-6-3-2-4-7(8)5-6;5-3(6)1-2-4(7)8/h2*2-5,8H,1H3;1-2H,(H,5,6)(H,7,8)/q2*+1;/p-2/b;;2-1+. The highest BCUT2D eigenvalue weighted by Gasteiger charge is 1.91. The second kappa shape index (κ2) is 11.2. The Hall–Kier alpha value is -3.42. The summed E-state index contributed by atoms with van der Waals surface area (Å²) in [6.07, 6.45) is 7.20. The van der Waals surface area contributed by atoms with Crippen molar-refractivity contribution in [3.63, 3.8) is 0 Å². The molecule has 8 heteroatoms. The van der Waals surface area contributed by atoms with Crippen molar-refractivity contribution in [3.05, 3.63) is 72.3 Å². The van der Waals surface area contributed by atoms with E-state index in [1.807, 2.05) is 26.0 Å². The van der Waals surface area contributed by atoms with Crippen LogP contribution < -0.4 is 19.7 Å². The number of aryl methyl sites for hydroxylation is 2. The highest BCUT2D eigenvalue weighted by Crippen LogP contribution is 1.87. The summed E-state index contributed by atoms with van der Waals surface area (Å²) in [5.74, 6) is -3.09. The van der Waals surface area contributed by atoms with E-state index in [2.05, 4.69) is 0 Å². The van der Waals surface area contributed by atoms with Gasteiger partial charge in [0, 0.05) is 32.7 Å². The minimum absolute atomic E-state index is 0.384. The second-order valence-electron chi connectivity index (χ2n) is 4.49. The van der Waals surface area contributed by atoms with Crippen molar-refractivity contribution in [1.82, 2.24) is 0 Å². The third-order valence-corrected chi connectivity index (χ3v) is 2.22. The van der Waals surface area contributed by atoms with Crippen LogP contribution >= 0.6 is 0 Å². The van der Waals surface area contributed by atoms with E-state index in [-0.39, 0.29) is 0 Å². The normalized spacial score (nSPS) is 9.25. The number of rotatable bonds is 2. The van der Waals surface area contributed by atoms with E-state index in [4.69, 9.17) is 10.4 Å². The van der Waals surface area contributed by atoms with Crippen molar-refractivity contribution in [3.8, 4) is 0 Å². The fraction of sp³-hybridized carbons (Fsp3) is 0.125. The maximum Gasteiger partial charge on any atom is 0.225 e. The summed E-state index contributed by atoms with van der Waals surface area (Å²) in [7, 11) is 0. The number of hydrogen-bond donors (Lipinski definition) is 2. The minimum Gasteiger partial charge on any atom is -0.545 e. The first kappa shape index (κ1) is 20.6. The molecule has 8 nitrogen and oxygen atoms in total. The van der Waals surface area contributed by atoms with Gasteiger partial charge < -0.3 is 19.8 Å². The molecule has 2 heterocycles. The van der Waals surface area contributed by atoms with E-state index < -0.39 is 11.9 Å². The van der Waals surface area contributed by atoms with E-state index in [1.165, 1.54) is 0 Å². The Labute approximate surface area is 138 Å². The number of aliphatic carboxylic acids is 2. The molecule has 2 aromatic heterocycles. The third kappa shape index (κ3) is 12.3. The molecule has 0 unspecified atom stereocenters. The minimum atomic E-state index is -1.55. The van der Waals surface area contributed by atoms with E-state index >= 15 is 0 Å². The van der Waals surface area contributed by atoms with Gasteiger partial charge in [-0.05, 0) is 38.1 Å². The van der Waals surface area contributed by atoms with Gasteiger partial charge in [0.2, 0.25) is 24.8 Å². The van der Waals surface area contributed by atoms with Crippen LogP contribution in [0.15, 0.2) is 61.2 Å². The van der Waals surface area contributed by atoms with Crippen LogP contribution in [0.3, 0.4) is 0 Å². The number of carboxylic acid groups (broad SMARTS) is 2. The monoisotopic (exact) mass is 334 g/mol. The number of pyridine rings is 2. The molecule has 2 aromatic rings. The first-order chi connectivity index (χ1) is 11.2. The summed E-state index contributed by atoms with van der Waals surface area (Å²) < 4.78 is 2.07. The van der Waals surface area contributed by atoms with Gasteiger partial charge in [-0.25, -0.2) is 0 Å². The average molecular weight is 334 g/mol. The van der Waals surface area contributed by atoms with Gasteiger partial charge in [0.15, 0.2) is 0 Å². The predicted molar refractivity (Wildman–Crippen MR) is 76.3 cm³/mol. The van der Waals surface area contributed by atoms with Crippen molar-refractivity contribution >= 4 is 11.9 Å². The summed E-state index contributed by atoms with van der Waals surface area (Å²) in [5, 5.41) is 36.3. The Morgan fingerprint density at radius 3 is 1.38 bits per heavy atom. The van der Waals surface area contributed by atoms with E-state index in [1.54, 1.807) is 36.9 Å². The number of carbonyl (C=O) groups excluding carboxylic acids is 2. The lowest BCUT2D eigenvalue weighted by molar-refractivity contribution is -0.905. The van der Waals surface area contributed by atoms with Crippen LogP contribution in [0.5, 0.6) is 0 Å². The Kier molecular flexibility index (Phi) is 9.59. The molecule has 0 aliphatic carbocycles. The summed E-state index contributed by atoms with van der Waals surface area (Å²) in [5.41, 5.74) is 2.10. The van der Waals surface area contributed by atoms with Gasteiger partial charge in [0.25, 0.3) is 0 Å². The van der Waals surface area contributed by atoms with E-state index in [9.17, 15) is 19.8 Å². The number of carbonyl (C=O) groups is 2. The number of carboxylic acids is 2. The molecule has 0 saturated heterocycles. The second-order valence-corrected chi connectivity index (χ2v) is 4.49. The van der Waals surface area contributed by atoms with Crippen LogP contribution in [-0.2, 0) is 9.59 Å². The highest BCUT2D eigenvalue weighted by atomic mass is 16.5. The first-order valence-electron chi connectivity index (χ1n) is 6.65. The molecule has 2 N–H and O–H groups in total. The van der Waals surface area contributed by atoms with Crippen LogP contribution in [0.1, 0.15) is 11.1 Å². The predicted octanol–water partition coefficient (Wildman–Crippen LogP) is -1.92. The zero-order valence-electron chi connectivity index (χ0n) is 13.2. The van der Waals surface area contributed by atoms with Gasteiger partial charge in [0.05, 0.1) is 11.9 Å². The van der Waals surface area contributed by atoms with Gasteiger partial charge in [-0.15, -0.1) is 0 Å². The Bertz CT molecular complexity index is 606. The van der Waals surface area contributed by atoms with Crippen LogP contribution in [0, 0.1) is 13.8 Å². The molecule has 0 atom stereocenters. The molecule has 0 aliphatic heterocycles. The average Bonchev–Trinajstić information content (AvgIpc) is 2.46. The van der Waals surface area contributed by atoms with Crippen LogP contribution in [0.4, 0.5) is 0 Å². The maximum absolute atomic E-state index is 9.41.